The van der Waals surface area contributed by atoms with Crippen LogP contribution in [-0.2, 0) is 7.05 Å². The van der Waals surface area contributed by atoms with Crippen LogP contribution in [0.25, 0.3) is 0 Å². The second-order valence-corrected chi connectivity index (χ2v) is 5.29. The van der Waals surface area contributed by atoms with Crippen LogP contribution in [0.2, 0.25) is 5.02 Å². The monoisotopic (exact) mass is 313 g/mol. The van der Waals surface area contributed by atoms with Crippen molar-refractivity contribution in [2.75, 3.05) is 0 Å². The Morgan fingerprint density at radius 3 is 2.50 bits per heavy atom. The van der Waals surface area contributed by atoms with Crippen LogP contribution in [-0.4, -0.2) is 26.1 Å². The number of H-pyrrole nitrogens is 1. The highest BCUT2D eigenvalue weighted by Gasteiger charge is 2.18. The molecule has 6 heteroatoms. The van der Waals surface area contributed by atoms with Gasteiger partial charge in [-0.05, 0) is 30.3 Å². The van der Waals surface area contributed by atoms with Gasteiger partial charge in [-0.25, -0.2) is 4.98 Å². The van der Waals surface area contributed by atoms with E-state index in [1.54, 1.807) is 48.1 Å². The third kappa shape index (κ3) is 2.58. The Balaban J connectivity index is 1.94. The molecule has 2 heterocycles. The maximum atomic E-state index is 12.5. The summed E-state index contributed by atoms with van der Waals surface area (Å²) in [6, 6.07) is 8.23. The van der Waals surface area contributed by atoms with Gasteiger partial charge in [0.15, 0.2) is 0 Å². The first-order valence-corrected chi connectivity index (χ1v) is 6.94. The SMILES string of the molecule is Cn1cc(C(=O)c2cnc[nH]2)cc1C(=O)c1ccc(Cl)cc1. The highest BCUT2D eigenvalue weighted by Crippen LogP contribution is 2.17. The highest BCUT2D eigenvalue weighted by atomic mass is 35.5. The van der Waals surface area contributed by atoms with E-state index < -0.39 is 0 Å². The van der Waals surface area contributed by atoms with Crippen molar-refractivity contribution in [1.29, 1.82) is 0 Å². The number of carbonyl (C=O) groups excluding carboxylic acids is 2. The maximum Gasteiger partial charge on any atom is 0.212 e. The van der Waals surface area contributed by atoms with Crippen LogP contribution >= 0.6 is 11.6 Å². The van der Waals surface area contributed by atoms with E-state index in [0.717, 1.165) is 0 Å². The molecule has 3 rings (SSSR count). The first-order chi connectivity index (χ1) is 10.6. The Labute approximate surface area is 131 Å². The van der Waals surface area contributed by atoms with Gasteiger partial charge in [-0.3, -0.25) is 9.59 Å². The minimum atomic E-state index is -0.205. The number of hydrogen-bond donors (Lipinski definition) is 1. The minimum Gasteiger partial charge on any atom is -0.347 e. The normalized spacial score (nSPS) is 10.6. The van der Waals surface area contributed by atoms with Crippen molar-refractivity contribution < 1.29 is 9.59 Å². The summed E-state index contributed by atoms with van der Waals surface area (Å²) >= 11 is 5.83. The van der Waals surface area contributed by atoms with E-state index in [1.807, 2.05) is 0 Å². The molecule has 0 aliphatic heterocycles. The van der Waals surface area contributed by atoms with Crippen LogP contribution in [0.1, 0.15) is 32.1 Å². The molecular weight excluding hydrogens is 302 g/mol. The first kappa shape index (κ1) is 14.3. The molecule has 0 radical (unpaired) electrons. The fraction of sp³-hybridized carbons (Fsp3) is 0.0625. The molecule has 2 aromatic heterocycles. The smallest absolute Gasteiger partial charge is 0.212 e. The number of nitrogens with one attached hydrogen (secondary N) is 1. The number of aromatic nitrogens is 3. The molecule has 1 aromatic carbocycles. The third-order valence-electron chi connectivity index (χ3n) is 3.35. The average molecular weight is 314 g/mol. The molecule has 0 fully saturated rings. The molecule has 0 aliphatic carbocycles. The Bertz CT molecular complexity index is 833. The van der Waals surface area contributed by atoms with Crippen LogP contribution in [0.5, 0.6) is 0 Å². The molecule has 0 bridgehead atoms. The lowest BCUT2D eigenvalue weighted by atomic mass is 10.1. The number of halogens is 1. The van der Waals surface area contributed by atoms with Crippen molar-refractivity contribution in [3.05, 3.63) is 76.6 Å². The molecule has 0 aliphatic rings. The van der Waals surface area contributed by atoms with Gasteiger partial charge < -0.3 is 9.55 Å². The van der Waals surface area contributed by atoms with E-state index >= 15 is 0 Å². The lowest BCUT2D eigenvalue weighted by Gasteiger charge is -2.02. The van der Waals surface area contributed by atoms with Crippen LogP contribution < -0.4 is 0 Å². The number of carbonyl (C=O) groups is 2. The van der Waals surface area contributed by atoms with Gasteiger partial charge in [0, 0.05) is 29.4 Å². The van der Waals surface area contributed by atoms with E-state index in [1.165, 1.54) is 12.5 Å². The number of benzene rings is 1. The average Bonchev–Trinajstić information content (AvgIpc) is 3.16. The molecule has 1 N–H and O–H groups in total. The van der Waals surface area contributed by atoms with Gasteiger partial charge in [0.1, 0.15) is 5.69 Å². The van der Waals surface area contributed by atoms with E-state index in [9.17, 15) is 9.59 Å². The quantitative estimate of drug-likeness (QED) is 0.753. The summed E-state index contributed by atoms with van der Waals surface area (Å²) in [5.41, 5.74) is 1.77. The summed E-state index contributed by atoms with van der Waals surface area (Å²) in [6.07, 6.45) is 4.53. The molecule has 110 valence electrons. The molecular formula is C16H12ClN3O2. The van der Waals surface area contributed by atoms with Gasteiger partial charge in [-0.2, -0.15) is 0 Å². The highest BCUT2D eigenvalue weighted by molar-refractivity contribution is 6.30. The molecule has 0 atom stereocenters. The molecule has 0 saturated carbocycles. The predicted octanol–water partition coefficient (Wildman–Crippen LogP) is 2.86. The second-order valence-electron chi connectivity index (χ2n) is 4.86. The number of hydrogen-bond acceptors (Lipinski definition) is 3. The molecule has 0 unspecified atom stereocenters. The van der Waals surface area contributed by atoms with Gasteiger partial charge in [-0.15, -0.1) is 0 Å². The van der Waals surface area contributed by atoms with Crippen molar-refractivity contribution in [3.8, 4) is 0 Å². The lowest BCUT2D eigenvalue weighted by Crippen LogP contribution is -2.06. The van der Waals surface area contributed by atoms with Gasteiger partial charge >= 0.3 is 0 Å². The van der Waals surface area contributed by atoms with Crippen molar-refractivity contribution in [2.45, 2.75) is 0 Å². The lowest BCUT2D eigenvalue weighted by molar-refractivity contribution is 0.102. The molecule has 22 heavy (non-hydrogen) atoms. The van der Waals surface area contributed by atoms with Crippen LogP contribution in [0.15, 0.2) is 49.1 Å². The van der Waals surface area contributed by atoms with Gasteiger partial charge in [0.05, 0.1) is 18.2 Å². The van der Waals surface area contributed by atoms with E-state index in [0.29, 0.717) is 27.5 Å². The molecule has 0 spiro atoms. The summed E-state index contributed by atoms with van der Waals surface area (Å²) < 4.78 is 1.64. The van der Waals surface area contributed by atoms with Crippen molar-refractivity contribution in [3.63, 3.8) is 0 Å². The van der Waals surface area contributed by atoms with E-state index in [-0.39, 0.29) is 11.6 Å². The Hall–Kier alpha value is -2.66. The fourth-order valence-corrected chi connectivity index (χ4v) is 2.33. The van der Waals surface area contributed by atoms with Crippen LogP contribution in [0.3, 0.4) is 0 Å². The summed E-state index contributed by atoms with van der Waals surface area (Å²) in [5.74, 6) is -0.369. The van der Waals surface area contributed by atoms with Gasteiger partial charge in [0.2, 0.25) is 11.6 Å². The summed E-state index contributed by atoms with van der Waals surface area (Å²) in [7, 11) is 1.73. The van der Waals surface area contributed by atoms with Crippen LogP contribution in [0.4, 0.5) is 0 Å². The molecule has 0 amide bonds. The second kappa shape index (κ2) is 5.61. The van der Waals surface area contributed by atoms with Crippen molar-refractivity contribution in [2.24, 2.45) is 7.05 Å². The van der Waals surface area contributed by atoms with Crippen molar-refractivity contribution >= 4 is 23.2 Å². The standard InChI is InChI=1S/C16H12ClN3O2/c1-20-8-11(15(21)13-7-18-9-19-13)6-14(20)16(22)10-2-4-12(17)5-3-10/h2-9H,1H3,(H,18,19). The topological polar surface area (TPSA) is 67.8 Å². The minimum absolute atomic E-state index is 0.164. The predicted molar refractivity (Wildman–Crippen MR) is 82.3 cm³/mol. The zero-order valence-corrected chi connectivity index (χ0v) is 12.5. The number of rotatable bonds is 4. The summed E-state index contributed by atoms with van der Waals surface area (Å²) in [6.45, 7) is 0. The Morgan fingerprint density at radius 2 is 1.86 bits per heavy atom. The van der Waals surface area contributed by atoms with Gasteiger partial charge in [-0.1, -0.05) is 11.6 Å². The first-order valence-electron chi connectivity index (χ1n) is 6.56. The van der Waals surface area contributed by atoms with Gasteiger partial charge in [0.25, 0.3) is 0 Å². The van der Waals surface area contributed by atoms with E-state index in [4.69, 9.17) is 11.6 Å². The Morgan fingerprint density at radius 1 is 1.14 bits per heavy atom. The fourth-order valence-electron chi connectivity index (χ4n) is 2.20. The summed E-state index contributed by atoms with van der Waals surface area (Å²) in [4.78, 5) is 31.4. The maximum absolute atomic E-state index is 12.5. The number of aryl methyl sites for hydroxylation is 1. The summed E-state index contributed by atoms with van der Waals surface area (Å²) in [5, 5.41) is 0.568. The number of ketones is 2. The number of nitrogens with zero attached hydrogens (tertiary/aromatic N) is 2. The largest absolute Gasteiger partial charge is 0.347 e. The number of aromatic amines is 1. The Kier molecular flexibility index (Phi) is 3.65. The number of imidazole rings is 1. The molecule has 5 nitrogen and oxygen atoms in total. The third-order valence-corrected chi connectivity index (χ3v) is 3.60. The van der Waals surface area contributed by atoms with Crippen LogP contribution in [0, 0.1) is 0 Å². The molecule has 3 aromatic rings. The van der Waals surface area contributed by atoms with E-state index in [2.05, 4.69) is 9.97 Å². The molecule has 0 saturated heterocycles. The zero-order chi connectivity index (χ0) is 15.7. The van der Waals surface area contributed by atoms with Crippen molar-refractivity contribution in [1.82, 2.24) is 14.5 Å². The zero-order valence-electron chi connectivity index (χ0n) is 11.7.